The van der Waals surface area contributed by atoms with E-state index in [4.69, 9.17) is 4.74 Å². The van der Waals surface area contributed by atoms with Gasteiger partial charge in [-0.05, 0) is 38.3 Å². The van der Waals surface area contributed by atoms with Gasteiger partial charge in [0, 0.05) is 24.2 Å². The molecule has 0 aliphatic carbocycles. The van der Waals surface area contributed by atoms with Gasteiger partial charge in [0.15, 0.2) is 0 Å². The van der Waals surface area contributed by atoms with E-state index in [9.17, 15) is 0 Å². The Hall–Kier alpha value is -1.06. The van der Waals surface area contributed by atoms with Gasteiger partial charge in [-0.15, -0.1) is 0 Å². The Balaban J connectivity index is 1.71. The predicted molar refractivity (Wildman–Crippen MR) is 86.7 cm³/mol. The van der Waals surface area contributed by atoms with E-state index in [1.54, 1.807) is 0 Å². The van der Waals surface area contributed by atoms with E-state index in [0.717, 1.165) is 25.4 Å². The first-order valence-electron chi connectivity index (χ1n) is 8.43. The highest BCUT2D eigenvalue weighted by molar-refractivity contribution is 5.39. The van der Waals surface area contributed by atoms with Gasteiger partial charge in [-0.3, -0.25) is 4.90 Å². The minimum Gasteiger partial charge on any atom is -0.491 e. The van der Waals surface area contributed by atoms with Crippen LogP contribution in [0.5, 0.6) is 5.75 Å². The lowest BCUT2D eigenvalue weighted by Gasteiger charge is -2.45. The molecule has 2 aliphatic rings. The van der Waals surface area contributed by atoms with Crippen LogP contribution in [0.2, 0.25) is 0 Å². The molecule has 0 bridgehead atoms. The van der Waals surface area contributed by atoms with Crippen molar-refractivity contribution in [1.29, 1.82) is 0 Å². The van der Waals surface area contributed by atoms with E-state index in [1.165, 1.54) is 18.4 Å². The van der Waals surface area contributed by atoms with Gasteiger partial charge >= 0.3 is 0 Å². The third-order valence-electron chi connectivity index (χ3n) is 5.35. The second-order valence-corrected chi connectivity index (χ2v) is 6.55. The normalized spacial score (nSPS) is 32.7. The third-order valence-corrected chi connectivity index (χ3v) is 5.35. The lowest BCUT2D eigenvalue weighted by molar-refractivity contribution is 0.0378. The first-order chi connectivity index (χ1) is 10.2. The SMILES string of the molecule is CCCNC1CCN(C2COc3ccccc32)C(C)C1C. The molecule has 4 atom stereocenters. The van der Waals surface area contributed by atoms with Crippen LogP contribution in [0.25, 0.3) is 0 Å². The molecule has 0 spiro atoms. The summed E-state index contributed by atoms with van der Waals surface area (Å²) >= 11 is 0. The van der Waals surface area contributed by atoms with Gasteiger partial charge in [0.05, 0.1) is 6.04 Å². The van der Waals surface area contributed by atoms with Crippen molar-refractivity contribution in [2.75, 3.05) is 19.7 Å². The maximum absolute atomic E-state index is 5.88. The summed E-state index contributed by atoms with van der Waals surface area (Å²) in [5.74, 6) is 1.76. The van der Waals surface area contributed by atoms with Gasteiger partial charge in [-0.1, -0.05) is 32.0 Å². The molecule has 0 amide bonds. The predicted octanol–water partition coefficient (Wildman–Crippen LogP) is 3.22. The van der Waals surface area contributed by atoms with Crippen LogP contribution in [0.1, 0.15) is 45.2 Å². The van der Waals surface area contributed by atoms with Crippen molar-refractivity contribution in [2.45, 2.75) is 51.7 Å². The number of likely N-dealkylation sites (tertiary alicyclic amines) is 1. The van der Waals surface area contributed by atoms with Crippen LogP contribution in [-0.4, -0.2) is 36.7 Å². The van der Waals surface area contributed by atoms with Crippen LogP contribution >= 0.6 is 0 Å². The molecule has 1 N–H and O–H groups in total. The zero-order valence-electron chi connectivity index (χ0n) is 13.5. The zero-order chi connectivity index (χ0) is 14.8. The van der Waals surface area contributed by atoms with Crippen molar-refractivity contribution in [1.82, 2.24) is 10.2 Å². The molecule has 3 rings (SSSR count). The van der Waals surface area contributed by atoms with Crippen molar-refractivity contribution in [3.05, 3.63) is 29.8 Å². The van der Waals surface area contributed by atoms with Gasteiger partial charge in [0.25, 0.3) is 0 Å². The van der Waals surface area contributed by atoms with E-state index >= 15 is 0 Å². The van der Waals surface area contributed by atoms with Crippen LogP contribution in [0.3, 0.4) is 0 Å². The number of piperidine rings is 1. The number of benzene rings is 1. The number of nitrogens with zero attached hydrogens (tertiary/aromatic N) is 1. The maximum Gasteiger partial charge on any atom is 0.124 e. The maximum atomic E-state index is 5.88. The van der Waals surface area contributed by atoms with Crippen molar-refractivity contribution in [3.8, 4) is 5.75 Å². The molecule has 0 saturated carbocycles. The highest BCUT2D eigenvalue weighted by Gasteiger charge is 2.38. The smallest absolute Gasteiger partial charge is 0.124 e. The number of rotatable bonds is 4. The number of para-hydroxylation sites is 1. The van der Waals surface area contributed by atoms with Crippen molar-refractivity contribution < 1.29 is 4.74 Å². The van der Waals surface area contributed by atoms with Crippen molar-refractivity contribution in [3.63, 3.8) is 0 Å². The lowest BCUT2D eigenvalue weighted by atomic mass is 9.85. The average molecular weight is 288 g/mol. The largest absolute Gasteiger partial charge is 0.491 e. The second-order valence-electron chi connectivity index (χ2n) is 6.55. The summed E-state index contributed by atoms with van der Waals surface area (Å²) in [6, 6.07) is 10.2. The molecule has 1 saturated heterocycles. The number of ether oxygens (including phenoxy) is 1. The summed E-state index contributed by atoms with van der Waals surface area (Å²) in [6.45, 7) is 10.1. The first-order valence-corrected chi connectivity index (χ1v) is 8.43. The highest BCUT2D eigenvalue weighted by atomic mass is 16.5. The van der Waals surface area contributed by atoms with Crippen molar-refractivity contribution in [2.24, 2.45) is 5.92 Å². The summed E-state index contributed by atoms with van der Waals surface area (Å²) in [7, 11) is 0. The molecular weight excluding hydrogens is 260 g/mol. The van der Waals surface area contributed by atoms with E-state index in [-0.39, 0.29) is 0 Å². The number of fused-ring (bicyclic) bond motifs is 1. The van der Waals surface area contributed by atoms with Gasteiger partial charge in [-0.2, -0.15) is 0 Å². The Labute approximate surface area is 128 Å². The van der Waals surface area contributed by atoms with Gasteiger partial charge in [0.1, 0.15) is 12.4 Å². The Morgan fingerprint density at radius 1 is 1.29 bits per heavy atom. The van der Waals surface area contributed by atoms with Gasteiger partial charge in [-0.25, -0.2) is 0 Å². The Morgan fingerprint density at radius 3 is 2.90 bits per heavy atom. The Kier molecular flexibility index (Phi) is 4.51. The molecule has 1 fully saturated rings. The average Bonchev–Trinajstić information content (AvgIpc) is 2.93. The molecular formula is C18H28N2O. The molecule has 1 aromatic carbocycles. The van der Waals surface area contributed by atoms with E-state index in [1.807, 2.05) is 0 Å². The summed E-state index contributed by atoms with van der Waals surface area (Å²) in [5.41, 5.74) is 1.37. The highest BCUT2D eigenvalue weighted by Crippen LogP contribution is 2.39. The molecule has 4 unspecified atom stereocenters. The van der Waals surface area contributed by atoms with Crippen LogP contribution in [-0.2, 0) is 0 Å². The monoisotopic (exact) mass is 288 g/mol. The molecule has 2 aliphatic heterocycles. The summed E-state index contributed by atoms with van der Waals surface area (Å²) in [5, 5.41) is 3.72. The lowest BCUT2D eigenvalue weighted by Crippen LogP contribution is -2.54. The third kappa shape index (κ3) is 2.82. The summed E-state index contributed by atoms with van der Waals surface area (Å²) in [4.78, 5) is 2.65. The molecule has 2 heterocycles. The molecule has 21 heavy (non-hydrogen) atoms. The van der Waals surface area contributed by atoms with Crippen LogP contribution in [0.15, 0.2) is 24.3 Å². The molecule has 1 aromatic rings. The number of hydrogen-bond acceptors (Lipinski definition) is 3. The minimum absolute atomic E-state index is 0.436. The molecule has 116 valence electrons. The fourth-order valence-electron chi connectivity index (χ4n) is 3.87. The number of nitrogens with one attached hydrogen (secondary N) is 1. The van der Waals surface area contributed by atoms with E-state index in [0.29, 0.717) is 24.0 Å². The molecule has 3 nitrogen and oxygen atoms in total. The van der Waals surface area contributed by atoms with E-state index < -0.39 is 0 Å². The quantitative estimate of drug-likeness (QED) is 0.920. The van der Waals surface area contributed by atoms with Gasteiger partial charge in [0.2, 0.25) is 0 Å². The van der Waals surface area contributed by atoms with E-state index in [2.05, 4.69) is 55.3 Å². The van der Waals surface area contributed by atoms with Crippen LogP contribution in [0.4, 0.5) is 0 Å². The summed E-state index contributed by atoms with van der Waals surface area (Å²) in [6.07, 6.45) is 2.45. The second kappa shape index (κ2) is 6.37. The Morgan fingerprint density at radius 2 is 2.10 bits per heavy atom. The standard InChI is InChI=1S/C18H28N2O/c1-4-10-19-16-9-11-20(14(3)13(16)2)17-12-21-18-8-6-5-7-15(17)18/h5-8,13-14,16-17,19H,4,9-12H2,1-3H3. The first kappa shape index (κ1) is 14.9. The minimum atomic E-state index is 0.436. The van der Waals surface area contributed by atoms with Crippen LogP contribution in [0, 0.1) is 5.92 Å². The zero-order valence-corrected chi connectivity index (χ0v) is 13.5. The molecule has 3 heteroatoms. The Bertz CT molecular complexity index is 476. The number of hydrogen-bond donors (Lipinski definition) is 1. The fraction of sp³-hybridized carbons (Fsp3) is 0.667. The summed E-state index contributed by atoms with van der Waals surface area (Å²) < 4.78 is 5.88. The van der Waals surface area contributed by atoms with Crippen molar-refractivity contribution >= 4 is 0 Å². The molecule has 0 aromatic heterocycles. The topological polar surface area (TPSA) is 24.5 Å². The van der Waals surface area contributed by atoms with Crippen LogP contribution < -0.4 is 10.1 Å². The fourth-order valence-corrected chi connectivity index (χ4v) is 3.87. The van der Waals surface area contributed by atoms with Gasteiger partial charge < -0.3 is 10.1 Å². The molecule has 0 radical (unpaired) electrons.